The molecule has 1 heterocycles. The summed E-state index contributed by atoms with van der Waals surface area (Å²) >= 11 is 3.26. The molecule has 0 amide bonds. The summed E-state index contributed by atoms with van der Waals surface area (Å²) in [5.41, 5.74) is 1.40. The predicted molar refractivity (Wildman–Crippen MR) is 71.1 cm³/mol. The summed E-state index contributed by atoms with van der Waals surface area (Å²) in [6.07, 6.45) is 0. The van der Waals surface area contributed by atoms with Crippen molar-refractivity contribution < 1.29 is 4.39 Å². The summed E-state index contributed by atoms with van der Waals surface area (Å²) in [5.74, 6) is -0.0557. The summed E-state index contributed by atoms with van der Waals surface area (Å²) in [7, 11) is 0. The Morgan fingerprint density at radius 1 is 1.33 bits per heavy atom. The summed E-state index contributed by atoms with van der Waals surface area (Å²) in [6, 6.07) is 10.1. The Bertz CT molecular complexity index is 614. The van der Waals surface area contributed by atoms with E-state index in [1.165, 1.54) is 6.07 Å². The first-order valence-corrected chi connectivity index (χ1v) is 6.00. The van der Waals surface area contributed by atoms with Gasteiger partial charge in [-0.25, -0.2) is 9.37 Å². The molecule has 1 aromatic heterocycles. The van der Waals surface area contributed by atoms with Crippen LogP contribution in [0.5, 0.6) is 0 Å². The summed E-state index contributed by atoms with van der Waals surface area (Å²) in [6.45, 7) is 1.81. The Morgan fingerprint density at radius 3 is 2.78 bits per heavy atom. The van der Waals surface area contributed by atoms with Crippen LogP contribution in [0.1, 0.15) is 11.3 Å². The Hall–Kier alpha value is -1.93. The molecular weight excluding hydrogens is 297 g/mol. The second kappa shape index (κ2) is 5.15. The van der Waals surface area contributed by atoms with Gasteiger partial charge in [0.25, 0.3) is 0 Å². The van der Waals surface area contributed by atoms with Crippen molar-refractivity contribution in [2.75, 3.05) is 5.32 Å². The van der Waals surface area contributed by atoms with E-state index in [1.54, 1.807) is 24.3 Å². The monoisotopic (exact) mass is 305 g/mol. The number of hydrogen-bond donors (Lipinski definition) is 1. The maximum Gasteiger partial charge on any atom is 0.148 e. The maximum atomic E-state index is 13.7. The molecule has 0 aliphatic carbocycles. The lowest BCUT2D eigenvalue weighted by atomic mass is 10.2. The quantitative estimate of drug-likeness (QED) is 0.915. The fourth-order valence-electron chi connectivity index (χ4n) is 1.48. The summed E-state index contributed by atoms with van der Waals surface area (Å²) in [5, 5.41) is 11.8. The molecule has 5 heteroatoms. The molecule has 0 atom stereocenters. The van der Waals surface area contributed by atoms with Crippen molar-refractivity contribution in [2.24, 2.45) is 0 Å². The second-order valence-corrected chi connectivity index (χ2v) is 4.54. The van der Waals surface area contributed by atoms with E-state index in [0.29, 0.717) is 15.9 Å². The molecule has 18 heavy (non-hydrogen) atoms. The number of anilines is 2. The first-order chi connectivity index (χ1) is 8.61. The number of rotatable bonds is 2. The van der Waals surface area contributed by atoms with Gasteiger partial charge in [0.05, 0.1) is 11.3 Å². The molecule has 0 spiro atoms. The molecule has 1 N–H and O–H groups in total. The molecule has 3 nitrogen and oxygen atoms in total. The van der Waals surface area contributed by atoms with Gasteiger partial charge in [0, 0.05) is 10.2 Å². The third kappa shape index (κ3) is 2.49. The van der Waals surface area contributed by atoms with E-state index in [4.69, 9.17) is 5.26 Å². The van der Waals surface area contributed by atoms with Crippen molar-refractivity contribution in [1.29, 1.82) is 5.26 Å². The third-order valence-electron chi connectivity index (χ3n) is 2.36. The topological polar surface area (TPSA) is 48.7 Å². The lowest BCUT2D eigenvalue weighted by molar-refractivity contribution is 0.631. The zero-order chi connectivity index (χ0) is 13.1. The lowest BCUT2D eigenvalue weighted by Gasteiger charge is -2.10. The minimum atomic E-state index is -0.406. The van der Waals surface area contributed by atoms with E-state index >= 15 is 0 Å². The number of hydrogen-bond acceptors (Lipinski definition) is 3. The highest BCUT2D eigenvalue weighted by molar-refractivity contribution is 9.10. The number of pyridine rings is 1. The molecule has 2 aromatic rings. The smallest absolute Gasteiger partial charge is 0.148 e. The molecule has 0 radical (unpaired) electrons. The standard InChI is InChI=1S/C13H9BrFN3/c1-8-5-6-9(7-16)13(17-8)18-12-10(14)3-2-4-11(12)15/h2-6H,1H3,(H,17,18). The van der Waals surface area contributed by atoms with Crippen LogP contribution in [-0.4, -0.2) is 4.98 Å². The highest BCUT2D eigenvalue weighted by Gasteiger charge is 2.10. The first kappa shape index (κ1) is 12.5. The number of halogens is 2. The van der Waals surface area contributed by atoms with Gasteiger partial charge >= 0.3 is 0 Å². The van der Waals surface area contributed by atoms with Gasteiger partial charge in [-0.15, -0.1) is 0 Å². The maximum absolute atomic E-state index is 13.7. The normalized spacial score (nSPS) is 9.89. The molecule has 0 bridgehead atoms. The molecule has 1 aromatic carbocycles. The van der Waals surface area contributed by atoms with Gasteiger partial charge in [-0.05, 0) is 47.1 Å². The van der Waals surface area contributed by atoms with E-state index in [0.717, 1.165) is 5.69 Å². The number of aromatic nitrogens is 1. The molecule has 90 valence electrons. The van der Waals surface area contributed by atoms with Crippen LogP contribution >= 0.6 is 15.9 Å². The minimum absolute atomic E-state index is 0.270. The van der Waals surface area contributed by atoms with Gasteiger partial charge in [0.1, 0.15) is 17.7 Å². The highest BCUT2D eigenvalue weighted by Crippen LogP contribution is 2.29. The van der Waals surface area contributed by atoms with Crippen LogP contribution in [0, 0.1) is 24.1 Å². The molecule has 0 aliphatic rings. The van der Waals surface area contributed by atoms with Crippen molar-refractivity contribution >= 4 is 27.4 Å². The number of nitriles is 1. The van der Waals surface area contributed by atoms with Crippen molar-refractivity contribution in [1.82, 2.24) is 4.98 Å². The fourth-order valence-corrected chi connectivity index (χ4v) is 1.92. The zero-order valence-corrected chi connectivity index (χ0v) is 11.1. The predicted octanol–water partition coefficient (Wildman–Crippen LogP) is 3.91. The number of nitrogens with zero attached hydrogens (tertiary/aromatic N) is 2. The minimum Gasteiger partial charge on any atom is -0.336 e. The Labute approximate surface area is 112 Å². The average molecular weight is 306 g/mol. The van der Waals surface area contributed by atoms with E-state index in [9.17, 15) is 4.39 Å². The van der Waals surface area contributed by atoms with Crippen molar-refractivity contribution in [3.63, 3.8) is 0 Å². The molecule has 0 unspecified atom stereocenters. The van der Waals surface area contributed by atoms with Crippen molar-refractivity contribution in [3.05, 3.63) is 51.9 Å². The van der Waals surface area contributed by atoms with Gasteiger partial charge in [0.15, 0.2) is 0 Å². The molecule has 2 rings (SSSR count). The van der Waals surface area contributed by atoms with Crippen LogP contribution in [0.2, 0.25) is 0 Å². The van der Waals surface area contributed by atoms with Crippen LogP contribution in [0.3, 0.4) is 0 Å². The zero-order valence-electron chi connectivity index (χ0n) is 9.54. The van der Waals surface area contributed by atoms with E-state index < -0.39 is 5.82 Å². The number of nitrogens with one attached hydrogen (secondary N) is 1. The van der Waals surface area contributed by atoms with Crippen molar-refractivity contribution in [2.45, 2.75) is 6.92 Å². The van der Waals surface area contributed by atoms with Crippen LogP contribution in [-0.2, 0) is 0 Å². The van der Waals surface area contributed by atoms with E-state index in [1.807, 2.05) is 13.0 Å². The van der Waals surface area contributed by atoms with Gasteiger partial charge in [0.2, 0.25) is 0 Å². The lowest BCUT2D eigenvalue weighted by Crippen LogP contribution is -2.00. The highest BCUT2D eigenvalue weighted by atomic mass is 79.9. The van der Waals surface area contributed by atoms with Crippen LogP contribution in [0.25, 0.3) is 0 Å². The van der Waals surface area contributed by atoms with E-state index in [-0.39, 0.29) is 5.69 Å². The fraction of sp³-hybridized carbons (Fsp3) is 0.0769. The van der Waals surface area contributed by atoms with Gasteiger partial charge in [-0.3, -0.25) is 0 Å². The van der Waals surface area contributed by atoms with Gasteiger partial charge in [-0.2, -0.15) is 5.26 Å². The van der Waals surface area contributed by atoms with Crippen molar-refractivity contribution in [3.8, 4) is 6.07 Å². The van der Waals surface area contributed by atoms with Gasteiger partial charge < -0.3 is 5.32 Å². The van der Waals surface area contributed by atoms with Gasteiger partial charge in [-0.1, -0.05) is 6.07 Å². The summed E-state index contributed by atoms with van der Waals surface area (Å²) < 4.78 is 14.2. The SMILES string of the molecule is Cc1ccc(C#N)c(Nc2c(F)cccc2Br)n1. The first-order valence-electron chi connectivity index (χ1n) is 5.20. The Morgan fingerprint density at radius 2 is 2.11 bits per heavy atom. The number of para-hydroxylation sites is 1. The molecule has 0 fully saturated rings. The van der Waals surface area contributed by atoms with E-state index in [2.05, 4.69) is 26.2 Å². The van der Waals surface area contributed by atoms with Crippen LogP contribution in [0.4, 0.5) is 15.9 Å². The molecule has 0 saturated carbocycles. The Kier molecular flexibility index (Phi) is 3.58. The number of aryl methyl sites for hydroxylation is 1. The largest absolute Gasteiger partial charge is 0.336 e. The molecule has 0 aliphatic heterocycles. The summed E-state index contributed by atoms with van der Waals surface area (Å²) in [4.78, 5) is 4.20. The number of benzene rings is 1. The molecular formula is C13H9BrFN3. The van der Waals surface area contributed by atoms with Crippen LogP contribution in [0.15, 0.2) is 34.8 Å². The second-order valence-electron chi connectivity index (χ2n) is 3.68. The third-order valence-corrected chi connectivity index (χ3v) is 3.02. The Balaban J connectivity index is 2.46. The molecule has 0 saturated heterocycles. The van der Waals surface area contributed by atoms with Crippen LogP contribution < -0.4 is 5.32 Å². The average Bonchev–Trinajstić information content (AvgIpc) is 2.34.